The molecule has 0 aliphatic rings. The van der Waals surface area contributed by atoms with Crippen molar-refractivity contribution in [2.24, 2.45) is 5.14 Å². The Morgan fingerprint density at radius 2 is 1.71 bits per heavy atom. The molecule has 0 heterocycles. The minimum Gasteiger partial charge on any atom is -0.490 e. The van der Waals surface area contributed by atoms with Gasteiger partial charge in [-0.1, -0.05) is 18.2 Å². The molecule has 10 heteroatoms. The van der Waals surface area contributed by atoms with E-state index in [1.165, 1.54) is 12.1 Å². The van der Waals surface area contributed by atoms with E-state index in [1.807, 2.05) is 32.0 Å². The van der Waals surface area contributed by atoms with E-state index >= 15 is 0 Å². The third-order valence-corrected chi connectivity index (χ3v) is 6.09. The smallest absolute Gasteiger partial charge is 0.238 e. The number of sulfonamides is 1. The summed E-state index contributed by atoms with van der Waals surface area (Å²) in [7, 11) is -7.77. The summed E-state index contributed by atoms with van der Waals surface area (Å²) < 4.78 is 52.6. The van der Waals surface area contributed by atoms with Crippen molar-refractivity contribution in [2.45, 2.75) is 29.7 Å². The van der Waals surface area contributed by atoms with Crippen LogP contribution in [-0.4, -0.2) is 47.5 Å². The molecule has 0 fully saturated rings. The number of primary sulfonamides is 1. The van der Waals surface area contributed by atoms with Gasteiger partial charge in [-0.3, -0.25) is 0 Å². The number of hydrogen-bond donors (Lipinski definition) is 3. The summed E-state index contributed by atoms with van der Waals surface area (Å²) in [5.41, 5.74) is 2.05. The minimum atomic E-state index is -4.04. The topological polar surface area (TPSA) is 136 Å². The average molecular weight is 429 g/mol. The van der Waals surface area contributed by atoms with E-state index in [0.29, 0.717) is 5.75 Å². The Hall–Kier alpha value is -2.14. The Balaban J connectivity index is 2.11. The molecule has 0 spiro atoms. The second-order valence-electron chi connectivity index (χ2n) is 6.54. The number of aliphatic hydroxyl groups excluding tert-OH is 1. The number of benzene rings is 2. The number of ether oxygens (including phenoxy) is 1. The van der Waals surface area contributed by atoms with Crippen molar-refractivity contribution >= 4 is 25.5 Å². The summed E-state index contributed by atoms with van der Waals surface area (Å²) in [4.78, 5) is -0.528. The van der Waals surface area contributed by atoms with Gasteiger partial charge in [-0.25, -0.2) is 22.0 Å². The zero-order valence-electron chi connectivity index (χ0n) is 15.8. The molecule has 154 valence electrons. The standard InChI is InChI=1S/C18H24N2O6S2/c1-12-5-4-6-13(2)18(12)26-11-14(21)10-20-16-8-7-15(28(19,24)25)9-17(16)27(3,22)23/h4-9,14,20-21H,10-11H2,1-3H3,(H2,19,24,25). The molecule has 8 nitrogen and oxygen atoms in total. The molecule has 4 N–H and O–H groups in total. The van der Waals surface area contributed by atoms with Crippen LogP contribution in [0.4, 0.5) is 5.69 Å². The molecule has 2 aromatic carbocycles. The van der Waals surface area contributed by atoms with E-state index in [4.69, 9.17) is 9.88 Å². The number of aliphatic hydroxyl groups is 1. The van der Waals surface area contributed by atoms with Crippen LogP contribution in [0.3, 0.4) is 0 Å². The van der Waals surface area contributed by atoms with E-state index in [0.717, 1.165) is 23.4 Å². The molecule has 1 atom stereocenters. The Morgan fingerprint density at radius 3 is 2.25 bits per heavy atom. The van der Waals surface area contributed by atoms with Crippen molar-refractivity contribution in [3.8, 4) is 5.75 Å². The highest BCUT2D eigenvalue weighted by Crippen LogP contribution is 2.25. The quantitative estimate of drug-likeness (QED) is 0.575. The van der Waals surface area contributed by atoms with Crippen molar-refractivity contribution in [3.05, 3.63) is 47.5 Å². The summed E-state index contributed by atoms with van der Waals surface area (Å²) >= 11 is 0. The lowest BCUT2D eigenvalue weighted by atomic mass is 10.1. The maximum atomic E-state index is 12.0. The molecular weight excluding hydrogens is 404 g/mol. The maximum Gasteiger partial charge on any atom is 0.238 e. The van der Waals surface area contributed by atoms with Crippen molar-refractivity contribution in [2.75, 3.05) is 24.7 Å². The highest BCUT2D eigenvalue weighted by atomic mass is 32.2. The van der Waals surface area contributed by atoms with E-state index in [1.54, 1.807) is 0 Å². The number of aryl methyl sites for hydroxylation is 2. The van der Waals surface area contributed by atoms with Crippen LogP contribution in [0.15, 0.2) is 46.2 Å². The van der Waals surface area contributed by atoms with E-state index < -0.39 is 26.0 Å². The SMILES string of the molecule is Cc1cccc(C)c1OCC(O)CNc1ccc(S(N)(=O)=O)cc1S(C)(=O)=O. The molecular formula is C18H24N2O6S2. The predicted octanol–water partition coefficient (Wildman–Crippen LogP) is 1.21. The highest BCUT2D eigenvalue weighted by molar-refractivity contribution is 7.91. The van der Waals surface area contributed by atoms with Crippen LogP contribution in [0.5, 0.6) is 5.75 Å². The summed E-state index contributed by atoms with van der Waals surface area (Å²) in [5, 5.41) is 18.1. The van der Waals surface area contributed by atoms with Crippen molar-refractivity contribution in [3.63, 3.8) is 0 Å². The molecule has 0 bridgehead atoms. The fourth-order valence-electron chi connectivity index (χ4n) is 2.63. The lowest BCUT2D eigenvalue weighted by Gasteiger charge is -2.18. The van der Waals surface area contributed by atoms with Gasteiger partial charge >= 0.3 is 0 Å². The van der Waals surface area contributed by atoms with Crippen molar-refractivity contribution in [1.82, 2.24) is 0 Å². The van der Waals surface area contributed by atoms with Gasteiger partial charge in [0.05, 0.1) is 15.5 Å². The molecule has 0 aliphatic carbocycles. The third kappa shape index (κ3) is 5.68. The fourth-order valence-corrected chi connectivity index (χ4v) is 4.12. The average Bonchev–Trinajstić information content (AvgIpc) is 2.57. The fraction of sp³-hybridized carbons (Fsp3) is 0.333. The first-order valence-electron chi connectivity index (χ1n) is 8.37. The van der Waals surface area contributed by atoms with Gasteiger partial charge in [0.15, 0.2) is 9.84 Å². The Labute approximate surface area is 165 Å². The molecule has 0 radical (unpaired) electrons. The van der Waals surface area contributed by atoms with Crippen LogP contribution in [0.1, 0.15) is 11.1 Å². The minimum absolute atomic E-state index is 0.00215. The first kappa shape index (κ1) is 22.2. The maximum absolute atomic E-state index is 12.0. The molecule has 0 aliphatic heterocycles. The highest BCUT2D eigenvalue weighted by Gasteiger charge is 2.19. The van der Waals surface area contributed by atoms with E-state index in [2.05, 4.69) is 5.32 Å². The zero-order valence-corrected chi connectivity index (χ0v) is 17.5. The molecule has 28 heavy (non-hydrogen) atoms. The van der Waals surface area contributed by atoms with Gasteiger partial charge in [0.2, 0.25) is 10.0 Å². The van der Waals surface area contributed by atoms with Gasteiger partial charge in [0, 0.05) is 12.8 Å². The lowest BCUT2D eigenvalue weighted by molar-refractivity contribution is 0.117. The molecule has 0 aromatic heterocycles. The first-order valence-corrected chi connectivity index (χ1v) is 11.8. The molecule has 0 saturated heterocycles. The van der Waals surface area contributed by atoms with Gasteiger partial charge in [-0.15, -0.1) is 0 Å². The number of anilines is 1. The normalized spacial score (nSPS) is 13.2. The molecule has 2 rings (SSSR count). The zero-order chi connectivity index (χ0) is 21.1. The van der Waals surface area contributed by atoms with Crippen molar-refractivity contribution < 1.29 is 26.7 Å². The second kappa shape index (κ2) is 8.48. The number of hydrogen-bond acceptors (Lipinski definition) is 7. The Kier molecular flexibility index (Phi) is 6.71. The first-order chi connectivity index (χ1) is 12.9. The van der Waals surface area contributed by atoms with Gasteiger partial charge in [0.1, 0.15) is 18.5 Å². The second-order valence-corrected chi connectivity index (χ2v) is 10.1. The van der Waals surface area contributed by atoms with E-state index in [-0.39, 0.29) is 28.6 Å². The van der Waals surface area contributed by atoms with Crippen molar-refractivity contribution in [1.29, 1.82) is 0 Å². The molecule has 0 amide bonds. The van der Waals surface area contributed by atoms with Gasteiger partial charge in [-0.05, 0) is 43.2 Å². The number of rotatable bonds is 8. The lowest BCUT2D eigenvalue weighted by Crippen LogP contribution is -2.27. The summed E-state index contributed by atoms with van der Waals surface area (Å²) in [5.74, 6) is 0.691. The van der Waals surface area contributed by atoms with Crippen LogP contribution < -0.4 is 15.2 Å². The van der Waals surface area contributed by atoms with Gasteiger partial charge in [0.25, 0.3) is 0 Å². The van der Waals surface area contributed by atoms with Crippen LogP contribution in [-0.2, 0) is 19.9 Å². The van der Waals surface area contributed by atoms with Crippen LogP contribution in [0, 0.1) is 13.8 Å². The number of para-hydroxylation sites is 1. The summed E-state index contributed by atoms with van der Waals surface area (Å²) in [6.45, 7) is 3.81. The summed E-state index contributed by atoms with van der Waals surface area (Å²) in [6, 6.07) is 9.21. The van der Waals surface area contributed by atoms with Gasteiger partial charge < -0.3 is 15.2 Å². The van der Waals surface area contributed by atoms with Crippen LogP contribution in [0.25, 0.3) is 0 Å². The van der Waals surface area contributed by atoms with Gasteiger partial charge in [-0.2, -0.15) is 0 Å². The van der Waals surface area contributed by atoms with Crippen LogP contribution >= 0.6 is 0 Å². The number of sulfone groups is 1. The summed E-state index contributed by atoms with van der Waals surface area (Å²) in [6.07, 6.45) is 0.0327. The third-order valence-electron chi connectivity index (χ3n) is 4.04. The molecule has 1 unspecified atom stereocenters. The Morgan fingerprint density at radius 1 is 1.11 bits per heavy atom. The molecule has 0 saturated carbocycles. The largest absolute Gasteiger partial charge is 0.490 e. The number of nitrogens with two attached hydrogens (primary N) is 1. The number of nitrogens with one attached hydrogen (secondary N) is 1. The van der Waals surface area contributed by atoms with E-state index in [9.17, 15) is 21.9 Å². The Bertz CT molecular complexity index is 1050. The predicted molar refractivity (Wildman–Crippen MR) is 107 cm³/mol. The van der Waals surface area contributed by atoms with Crippen LogP contribution in [0.2, 0.25) is 0 Å². The molecule has 2 aromatic rings. The monoisotopic (exact) mass is 428 g/mol.